The van der Waals surface area contributed by atoms with Crippen molar-refractivity contribution in [3.63, 3.8) is 0 Å². The molecule has 0 heterocycles. The van der Waals surface area contributed by atoms with Crippen molar-refractivity contribution < 1.29 is 4.39 Å². The number of benzene rings is 1. The van der Waals surface area contributed by atoms with Crippen LogP contribution in [0, 0.1) is 5.82 Å². The summed E-state index contributed by atoms with van der Waals surface area (Å²) in [5.74, 6) is -0.174. The summed E-state index contributed by atoms with van der Waals surface area (Å²) >= 11 is 0. The predicted octanol–water partition coefficient (Wildman–Crippen LogP) is 0.708. The second-order valence-corrected chi connectivity index (χ2v) is 2.35. The quantitative estimate of drug-likeness (QED) is 0.537. The number of para-hydroxylation sites is 1. The van der Waals surface area contributed by atoms with Gasteiger partial charge in [-0.1, -0.05) is 12.1 Å². The average molecular weight is 153 g/mol. The molecule has 0 fully saturated rings. The number of nitrogens with zero attached hydrogens (tertiary/aromatic N) is 1. The summed E-state index contributed by atoms with van der Waals surface area (Å²) in [6, 6.07) is 6.70. The fourth-order valence-corrected chi connectivity index (χ4v) is 0.814. The predicted molar refractivity (Wildman–Crippen MR) is 50.7 cm³/mol. The minimum atomic E-state index is -0.174. The van der Waals surface area contributed by atoms with Crippen LogP contribution >= 0.6 is 0 Å². The molecule has 0 saturated heterocycles. The minimum Gasteiger partial charge on any atom is -0.375 e. The summed E-state index contributed by atoms with van der Waals surface area (Å²) in [6.07, 6.45) is 0. The van der Waals surface area contributed by atoms with E-state index in [0.717, 1.165) is 0 Å². The van der Waals surface area contributed by atoms with E-state index in [1.807, 2.05) is 20.2 Å². The van der Waals surface area contributed by atoms with Gasteiger partial charge in [0.25, 0.3) is 0 Å². The van der Waals surface area contributed by atoms with Crippen molar-refractivity contribution in [2.24, 2.45) is 0 Å². The van der Waals surface area contributed by atoms with Gasteiger partial charge in [0, 0.05) is 14.1 Å². The van der Waals surface area contributed by atoms with Gasteiger partial charge in [-0.2, -0.15) is 0 Å². The SMILES string of the molecule is B.CN(C)c1ccccc1F. The van der Waals surface area contributed by atoms with Crippen LogP contribution < -0.4 is 4.90 Å². The van der Waals surface area contributed by atoms with E-state index in [2.05, 4.69) is 0 Å². The van der Waals surface area contributed by atoms with E-state index in [0.29, 0.717) is 5.69 Å². The summed E-state index contributed by atoms with van der Waals surface area (Å²) in [6.45, 7) is 0. The van der Waals surface area contributed by atoms with Crippen molar-refractivity contribution in [1.82, 2.24) is 0 Å². The van der Waals surface area contributed by atoms with Crippen LogP contribution in [0.5, 0.6) is 0 Å². The van der Waals surface area contributed by atoms with Crippen molar-refractivity contribution in [2.75, 3.05) is 19.0 Å². The Labute approximate surface area is 68.4 Å². The van der Waals surface area contributed by atoms with Crippen LogP contribution in [-0.2, 0) is 0 Å². The maximum atomic E-state index is 12.8. The summed E-state index contributed by atoms with van der Waals surface area (Å²) in [7, 11) is 3.64. The second-order valence-electron chi connectivity index (χ2n) is 2.35. The fourth-order valence-electron chi connectivity index (χ4n) is 0.814. The molecule has 0 aliphatic heterocycles. The lowest BCUT2D eigenvalue weighted by molar-refractivity contribution is 0.626. The van der Waals surface area contributed by atoms with Crippen LogP contribution in [0.4, 0.5) is 10.1 Å². The Balaban J connectivity index is 0.000001000. The normalized spacial score (nSPS) is 8.64. The van der Waals surface area contributed by atoms with E-state index in [-0.39, 0.29) is 14.2 Å². The van der Waals surface area contributed by atoms with Gasteiger partial charge in [-0.25, -0.2) is 4.39 Å². The first kappa shape index (κ1) is 10.0. The van der Waals surface area contributed by atoms with Crippen LogP contribution in [0.3, 0.4) is 0 Å². The highest BCUT2D eigenvalue weighted by Crippen LogP contribution is 2.14. The smallest absolute Gasteiger partial charge is 0.146 e. The molecule has 0 aromatic heterocycles. The third kappa shape index (κ3) is 2.26. The average Bonchev–Trinajstić information content (AvgIpc) is 1.88. The topological polar surface area (TPSA) is 3.24 Å². The highest BCUT2D eigenvalue weighted by atomic mass is 19.1. The Morgan fingerprint density at radius 2 is 1.73 bits per heavy atom. The molecule has 3 heteroatoms. The molecule has 60 valence electrons. The van der Waals surface area contributed by atoms with E-state index < -0.39 is 0 Å². The van der Waals surface area contributed by atoms with Crippen molar-refractivity contribution in [3.8, 4) is 0 Å². The lowest BCUT2D eigenvalue weighted by Gasteiger charge is -2.11. The van der Waals surface area contributed by atoms with Gasteiger partial charge in [0.1, 0.15) is 5.82 Å². The first-order chi connectivity index (χ1) is 4.72. The Morgan fingerprint density at radius 3 is 2.09 bits per heavy atom. The van der Waals surface area contributed by atoms with E-state index in [4.69, 9.17) is 0 Å². The molecule has 1 aromatic carbocycles. The van der Waals surface area contributed by atoms with Gasteiger partial charge in [0.05, 0.1) is 14.1 Å². The highest BCUT2D eigenvalue weighted by molar-refractivity contribution is 5.75. The molecule has 0 saturated carbocycles. The second kappa shape index (κ2) is 4.01. The molecule has 0 aliphatic rings. The van der Waals surface area contributed by atoms with Crippen LogP contribution in [0.1, 0.15) is 0 Å². The molecule has 0 aliphatic carbocycles. The number of halogens is 1. The third-order valence-corrected chi connectivity index (χ3v) is 1.33. The molecule has 1 nitrogen and oxygen atoms in total. The molecule has 0 radical (unpaired) electrons. The maximum absolute atomic E-state index is 12.8. The van der Waals surface area contributed by atoms with Crippen LogP contribution in [0.25, 0.3) is 0 Å². The molecule has 0 amide bonds. The van der Waals surface area contributed by atoms with Gasteiger partial charge in [0.2, 0.25) is 0 Å². The van der Waals surface area contributed by atoms with Gasteiger partial charge in [0.15, 0.2) is 0 Å². The van der Waals surface area contributed by atoms with Crippen LogP contribution in [-0.4, -0.2) is 22.5 Å². The molecule has 1 rings (SSSR count). The van der Waals surface area contributed by atoms with Gasteiger partial charge in [-0.05, 0) is 12.1 Å². The minimum absolute atomic E-state index is 0. The standard InChI is InChI=1S/C8H10FN.BH3/c1-10(2)8-6-4-3-5-7(8)9;/h3-6H,1-2H3;1H3. The van der Waals surface area contributed by atoms with Gasteiger partial charge >= 0.3 is 0 Å². The Morgan fingerprint density at radius 1 is 1.18 bits per heavy atom. The summed E-state index contributed by atoms with van der Waals surface area (Å²) in [4.78, 5) is 1.75. The van der Waals surface area contributed by atoms with E-state index in [9.17, 15) is 4.39 Å². The first-order valence-corrected chi connectivity index (χ1v) is 3.13. The van der Waals surface area contributed by atoms with Crippen molar-refractivity contribution in [2.45, 2.75) is 0 Å². The zero-order valence-corrected chi connectivity index (χ0v) is 6.13. The molecular weight excluding hydrogens is 140 g/mol. The van der Waals surface area contributed by atoms with Crippen LogP contribution in [0.15, 0.2) is 24.3 Å². The van der Waals surface area contributed by atoms with E-state index >= 15 is 0 Å². The lowest BCUT2D eigenvalue weighted by atomic mass is 10.3. The first-order valence-electron chi connectivity index (χ1n) is 3.13. The van der Waals surface area contributed by atoms with E-state index in [1.165, 1.54) is 6.07 Å². The van der Waals surface area contributed by atoms with Gasteiger partial charge in [-0.15, -0.1) is 0 Å². The van der Waals surface area contributed by atoms with Crippen molar-refractivity contribution in [1.29, 1.82) is 0 Å². The van der Waals surface area contributed by atoms with E-state index in [1.54, 1.807) is 17.0 Å². The highest BCUT2D eigenvalue weighted by Gasteiger charge is 1.99. The Kier molecular flexibility index (Phi) is 3.65. The lowest BCUT2D eigenvalue weighted by Crippen LogP contribution is -2.09. The number of anilines is 1. The zero-order valence-electron chi connectivity index (χ0n) is 6.13. The Bertz CT molecular complexity index is 225. The molecule has 0 atom stereocenters. The monoisotopic (exact) mass is 153 g/mol. The Hall–Kier alpha value is -0.985. The number of hydrogen-bond acceptors (Lipinski definition) is 1. The summed E-state index contributed by atoms with van der Waals surface area (Å²) < 4.78 is 12.8. The van der Waals surface area contributed by atoms with Crippen molar-refractivity contribution in [3.05, 3.63) is 30.1 Å². The number of rotatable bonds is 1. The van der Waals surface area contributed by atoms with Crippen LogP contribution in [0.2, 0.25) is 0 Å². The molecule has 0 unspecified atom stereocenters. The van der Waals surface area contributed by atoms with Crippen molar-refractivity contribution >= 4 is 14.1 Å². The maximum Gasteiger partial charge on any atom is 0.146 e. The number of hydrogen-bond donors (Lipinski definition) is 0. The fraction of sp³-hybridized carbons (Fsp3) is 0.250. The largest absolute Gasteiger partial charge is 0.375 e. The van der Waals surface area contributed by atoms with Gasteiger partial charge < -0.3 is 4.90 Å². The molecule has 11 heavy (non-hydrogen) atoms. The third-order valence-electron chi connectivity index (χ3n) is 1.33. The molecular formula is C8H13BFN. The molecule has 0 bridgehead atoms. The summed E-state index contributed by atoms with van der Waals surface area (Å²) in [5.41, 5.74) is 0.627. The molecule has 1 aromatic rings. The summed E-state index contributed by atoms with van der Waals surface area (Å²) in [5, 5.41) is 0. The van der Waals surface area contributed by atoms with Gasteiger partial charge in [-0.3, -0.25) is 0 Å². The molecule has 0 N–H and O–H groups in total. The molecule has 0 spiro atoms. The zero-order chi connectivity index (χ0) is 7.56.